The first kappa shape index (κ1) is 15.7. The number of imidazole rings is 1. The van der Waals surface area contributed by atoms with Crippen molar-refractivity contribution in [3.05, 3.63) is 97.6 Å². The predicted octanol–water partition coefficient (Wildman–Crippen LogP) is 6.13. The van der Waals surface area contributed by atoms with E-state index in [1.807, 2.05) is 24.7 Å². The van der Waals surface area contributed by atoms with Crippen LogP contribution in [0.4, 0.5) is 0 Å². The molecule has 4 nitrogen and oxygen atoms in total. The summed E-state index contributed by atoms with van der Waals surface area (Å²) in [5, 5.41) is 5.90. The zero-order valence-corrected chi connectivity index (χ0v) is 16.0. The number of pyridine rings is 2. The highest BCUT2D eigenvalue weighted by Gasteiger charge is 2.18. The molecule has 0 unspecified atom stereocenters. The molecule has 0 atom stereocenters. The Morgan fingerprint density at radius 2 is 1.40 bits per heavy atom. The minimum atomic E-state index is 0.956. The maximum Gasteiger partial charge on any atom is 0.145 e. The lowest BCUT2D eigenvalue weighted by Crippen LogP contribution is -1.97. The van der Waals surface area contributed by atoms with Crippen LogP contribution in [0.25, 0.3) is 54.8 Å². The standard InChI is InChI=1S/C26H16N4/c1-2-6-17(7-3-1)30-23-9-5-4-8-18(23)19-10-11-20-22-16-27-13-12-21(22)26-28-14-15-29(26)24(20)25(19)30/h1-16H. The van der Waals surface area contributed by atoms with Gasteiger partial charge in [-0.1, -0.05) is 48.5 Å². The molecule has 0 spiro atoms. The highest BCUT2D eigenvalue weighted by Crippen LogP contribution is 2.39. The third kappa shape index (κ3) is 1.90. The summed E-state index contributed by atoms with van der Waals surface area (Å²) in [5.74, 6) is 0. The first-order chi connectivity index (χ1) is 14.9. The van der Waals surface area contributed by atoms with Crippen molar-refractivity contribution in [1.82, 2.24) is 18.9 Å². The van der Waals surface area contributed by atoms with Gasteiger partial charge in [-0.2, -0.15) is 0 Å². The highest BCUT2D eigenvalue weighted by atomic mass is 15.0. The summed E-state index contributed by atoms with van der Waals surface area (Å²) in [6.45, 7) is 0. The van der Waals surface area contributed by atoms with Crippen molar-refractivity contribution < 1.29 is 0 Å². The molecule has 7 rings (SSSR count). The lowest BCUT2D eigenvalue weighted by molar-refractivity contribution is 1.17. The summed E-state index contributed by atoms with van der Waals surface area (Å²) < 4.78 is 4.59. The maximum absolute atomic E-state index is 4.69. The third-order valence-electron chi connectivity index (χ3n) is 6.06. The van der Waals surface area contributed by atoms with Crippen molar-refractivity contribution in [3.63, 3.8) is 0 Å². The molecule has 140 valence electrons. The summed E-state index contributed by atoms with van der Waals surface area (Å²) in [5.41, 5.74) is 5.65. The third-order valence-corrected chi connectivity index (χ3v) is 6.06. The maximum atomic E-state index is 4.69. The Morgan fingerprint density at radius 1 is 0.600 bits per heavy atom. The summed E-state index contributed by atoms with van der Waals surface area (Å²) in [7, 11) is 0. The number of hydrogen-bond donors (Lipinski definition) is 0. The van der Waals surface area contributed by atoms with E-state index in [-0.39, 0.29) is 0 Å². The molecular weight excluding hydrogens is 368 g/mol. The quantitative estimate of drug-likeness (QED) is 0.319. The summed E-state index contributed by atoms with van der Waals surface area (Å²) >= 11 is 0. The smallest absolute Gasteiger partial charge is 0.145 e. The average Bonchev–Trinajstić information content (AvgIpc) is 3.43. The Bertz CT molecular complexity index is 1740. The predicted molar refractivity (Wildman–Crippen MR) is 122 cm³/mol. The molecule has 0 aliphatic heterocycles. The number of fused-ring (bicyclic) bond motifs is 10. The van der Waals surface area contributed by atoms with Gasteiger partial charge >= 0.3 is 0 Å². The first-order valence-electron chi connectivity index (χ1n) is 10.0. The molecule has 0 bridgehead atoms. The number of para-hydroxylation sites is 2. The molecule has 0 aliphatic carbocycles. The Morgan fingerprint density at radius 3 is 2.30 bits per heavy atom. The fraction of sp³-hybridized carbons (Fsp3) is 0. The van der Waals surface area contributed by atoms with E-state index >= 15 is 0 Å². The van der Waals surface area contributed by atoms with Crippen molar-refractivity contribution in [2.75, 3.05) is 0 Å². The minimum Gasteiger partial charge on any atom is -0.307 e. The molecule has 0 radical (unpaired) electrons. The van der Waals surface area contributed by atoms with Crippen molar-refractivity contribution in [2.24, 2.45) is 0 Å². The monoisotopic (exact) mass is 384 g/mol. The molecule has 0 saturated carbocycles. The summed E-state index contributed by atoms with van der Waals surface area (Å²) in [4.78, 5) is 9.10. The van der Waals surface area contributed by atoms with E-state index in [0.29, 0.717) is 0 Å². The number of rotatable bonds is 1. The van der Waals surface area contributed by atoms with Crippen molar-refractivity contribution in [1.29, 1.82) is 0 Å². The van der Waals surface area contributed by atoms with Gasteiger partial charge < -0.3 is 4.57 Å². The molecule has 0 fully saturated rings. The molecule has 4 aromatic heterocycles. The Hall–Kier alpha value is -4.18. The first-order valence-corrected chi connectivity index (χ1v) is 10.0. The van der Waals surface area contributed by atoms with Crippen LogP contribution in [0.15, 0.2) is 97.6 Å². The second kappa shape index (κ2) is 5.67. The van der Waals surface area contributed by atoms with Crippen LogP contribution < -0.4 is 0 Å². The van der Waals surface area contributed by atoms with Crippen LogP contribution in [0.2, 0.25) is 0 Å². The van der Waals surface area contributed by atoms with Gasteiger partial charge in [0.25, 0.3) is 0 Å². The zero-order chi connectivity index (χ0) is 19.7. The van der Waals surface area contributed by atoms with E-state index < -0.39 is 0 Å². The Balaban J connectivity index is 1.86. The molecule has 4 heterocycles. The van der Waals surface area contributed by atoms with Crippen molar-refractivity contribution in [2.45, 2.75) is 0 Å². The summed E-state index contributed by atoms with van der Waals surface area (Å²) in [6.07, 6.45) is 7.73. The normalized spacial score (nSPS) is 12.0. The fourth-order valence-electron chi connectivity index (χ4n) is 4.83. The van der Waals surface area contributed by atoms with E-state index in [9.17, 15) is 0 Å². The zero-order valence-electron chi connectivity index (χ0n) is 16.0. The van der Waals surface area contributed by atoms with Crippen LogP contribution >= 0.6 is 0 Å². The molecule has 30 heavy (non-hydrogen) atoms. The number of nitrogens with zero attached hydrogens (tertiary/aromatic N) is 4. The fourth-order valence-corrected chi connectivity index (χ4v) is 4.83. The van der Waals surface area contributed by atoms with Gasteiger partial charge in [-0.3, -0.25) is 9.38 Å². The highest BCUT2D eigenvalue weighted by molar-refractivity contribution is 6.23. The topological polar surface area (TPSA) is 35.1 Å². The van der Waals surface area contributed by atoms with Gasteiger partial charge in [0.2, 0.25) is 0 Å². The van der Waals surface area contributed by atoms with Gasteiger partial charge in [-0.05, 0) is 24.3 Å². The SMILES string of the molecule is c1ccc(-n2c3ccccc3c3ccc4c5cnccc5c5nccn5c4c32)cc1. The van der Waals surface area contributed by atoms with Crippen LogP contribution in [0.5, 0.6) is 0 Å². The number of hydrogen-bond acceptors (Lipinski definition) is 2. The van der Waals surface area contributed by atoms with E-state index in [1.54, 1.807) is 0 Å². The molecule has 0 N–H and O–H groups in total. The minimum absolute atomic E-state index is 0.956. The molecule has 0 aliphatic rings. The van der Waals surface area contributed by atoms with Gasteiger partial charge in [0.15, 0.2) is 0 Å². The van der Waals surface area contributed by atoms with Crippen LogP contribution in [0.3, 0.4) is 0 Å². The Kier molecular flexibility index (Phi) is 2.97. The van der Waals surface area contributed by atoms with Crippen LogP contribution in [-0.2, 0) is 0 Å². The Labute approximate surface area is 171 Å². The van der Waals surface area contributed by atoms with E-state index in [4.69, 9.17) is 0 Å². The van der Waals surface area contributed by atoms with Crippen LogP contribution in [0.1, 0.15) is 0 Å². The number of aromatic nitrogens is 4. The molecule has 0 amide bonds. The van der Waals surface area contributed by atoms with Gasteiger partial charge in [-0.25, -0.2) is 4.98 Å². The van der Waals surface area contributed by atoms with Gasteiger partial charge in [-0.15, -0.1) is 0 Å². The van der Waals surface area contributed by atoms with Crippen molar-refractivity contribution in [3.8, 4) is 5.69 Å². The lowest BCUT2D eigenvalue weighted by atomic mass is 10.0. The number of benzene rings is 3. The molecule has 3 aromatic carbocycles. The lowest BCUT2D eigenvalue weighted by Gasteiger charge is -2.13. The van der Waals surface area contributed by atoms with Gasteiger partial charge in [0.1, 0.15) is 5.65 Å². The average molecular weight is 384 g/mol. The molecule has 0 saturated heterocycles. The molecule has 7 aromatic rings. The van der Waals surface area contributed by atoms with E-state index in [1.165, 1.54) is 27.2 Å². The summed E-state index contributed by atoms with van der Waals surface area (Å²) in [6, 6.07) is 25.7. The van der Waals surface area contributed by atoms with Crippen LogP contribution in [-0.4, -0.2) is 18.9 Å². The largest absolute Gasteiger partial charge is 0.307 e. The van der Waals surface area contributed by atoms with E-state index in [2.05, 4.69) is 91.9 Å². The van der Waals surface area contributed by atoms with Gasteiger partial charge in [0.05, 0.1) is 16.6 Å². The molecular formula is C26H16N4. The van der Waals surface area contributed by atoms with Gasteiger partial charge in [0, 0.05) is 57.4 Å². The second-order valence-electron chi connectivity index (χ2n) is 7.59. The van der Waals surface area contributed by atoms with Crippen molar-refractivity contribution >= 4 is 49.1 Å². The van der Waals surface area contributed by atoms with E-state index in [0.717, 1.165) is 27.6 Å². The molecule has 4 heteroatoms. The van der Waals surface area contributed by atoms with Crippen LogP contribution in [0, 0.1) is 0 Å². The second-order valence-corrected chi connectivity index (χ2v) is 7.59.